The molecular formula is C52H38BNO3. The van der Waals surface area contributed by atoms with Crippen molar-refractivity contribution in [2.24, 2.45) is 0 Å². The molecule has 1 aromatic heterocycles. The molecule has 0 unspecified atom stereocenters. The lowest BCUT2D eigenvalue weighted by Crippen LogP contribution is -2.57. The molecule has 0 radical (unpaired) electrons. The third-order valence-corrected chi connectivity index (χ3v) is 11.5. The number of fused-ring (bicyclic) bond motifs is 7. The standard InChI is InChI=1S/C52H38BNO3/c1-52(2,3)41-23-13-21-39-40-22-14-24-44(51(40)57-50(39)41)54(37-19-11-6-12-20-37)38-31-47-49-48(32-38)56-46-30-36(34-17-9-5-10-18-34)26-28-43(46)53(49)42-27-25-35(29-45(42)55-47)33-15-7-4-8-16-33/h4-32H,1-3H3. The zero-order valence-electron chi connectivity index (χ0n) is 32.0. The quantitative estimate of drug-likeness (QED) is 0.165. The molecular weight excluding hydrogens is 697 g/mol. The number of rotatable bonds is 5. The molecule has 8 aromatic carbocycles. The highest BCUT2D eigenvalue weighted by molar-refractivity contribution is 6.98. The Kier molecular flexibility index (Phi) is 7.49. The van der Waals surface area contributed by atoms with Crippen molar-refractivity contribution in [3.05, 3.63) is 181 Å². The molecule has 0 atom stereocenters. The summed E-state index contributed by atoms with van der Waals surface area (Å²) in [5, 5.41) is 2.19. The van der Waals surface area contributed by atoms with Crippen LogP contribution in [0.5, 0.6) is 23.0 Å². The lowest BCUT2D eigenvalue weighted by molar-refractivity contribution is 0.465. The molecule has 272 valence electrons. The molecule has 0 fully saturated rings. The van der Waals surface area contributed by atoms with Gasteiger partial charge in [-0.2, -0.15) is 0 Å². The maximum Gasteiger partial charge on any atom is 0.260 e. The lowest BCUT2D eigenvalue weighted by Gasteiger charge is -2.35. The van der Waals surface area contributed by atoms with E-state index in [1.165, 1.54) is 5.56 Å². The molecule has 2 aliphatic rings. The van der Waals surface area contributed by atoms with Crippen molar-refractivity contribution in [1.82, 2.24) is 0 Å². The Morgan fingerprint density at radius 1 is 0.439 bits per heavy atom. The summed E-state index contributed by atoms with van der Waals surface area (Å²) in [5.74, 6) is 3.24. The van der Waals surface area contributed by atoms with E-state index in [0.29, 0.717) is 0 Å². The predicted octanol–water partition coefficient (Wildman–Crippen LogP) is 12.4. The molecule has 0 spiro atoms. The average Bonchev–Trinajstić information content (AvgIpc) is 3.63. The first-order valence-electron chi connectivity index (χ1n) is 19.6. The van der Waals surface area contributed by atoms with Crippen LogP contribution >= 0.6 is 0 Å². The van der Waals surface area contributed by atoms with Gasteiger partial charge in [-0.3, -0.25) is 0 Å². The maximum absolute atomic E-state index is 7.02. The van der Waals surface area contributed by atoms with Gasteiger partial charge in [-0.1, -0.05) is 154 Å². The van der Waals surface area contributed by atoms with E-state index in [9.17, 15) is 0 Å². The van der Waals surface area contributed by atoms with Gasteiger partial charge in [0.1, 0.15) is 28.6 Å². The van der Waals surface area contributed by atoms with Crippen molar-refractivity contribution in [3.8, 4) is 45.3 Å². The molecule has 0 saturated carbocycles. The number of anilines is 3. The summed E-state index contributed by atoms with van der Waals surface area (Å²) in [6, 6.07) is 62.0. The molecule has 9 aromatic rings. The minimum atomic E-state index is -0.0909. The van der Waals surface area contributed by atoms with Gasteiger partial charge in [-0.05, 0) is 68.9 Å². The van der Waals surface area contributed by atoms with Gasteiger partial charge in [0.2, 0.25) is 0 Å². The second-order valence-corrected chi connectivity index (χ2v) is 16.1. The van der Waals surface area contributed by atoms with Crippen LogP contribution in [-0.4, -0.2) is 6.71 Å². The zero-order valence-corrected chi connectivity index (χ0v) is 32.0. The molecule has 0 N–H and O–H groups in total. The molecule has 57 heavy (non-hydrogen) atoms. The second-order valence-electron chi connectivity index (χ2n) is 16.1. The van der Waals surface area contributed by atoms with Crippen LogP contribution in [0.3, 0.4) is 0 Å². The number of para-hydroxylation sites is 3. The van der Waals surface area contributed by atoms with Crippen molar-refractivity contribution in [1.29, 1.82) is 0 Å². The van der Waals surface area contributed by atoms with E-state index in [-0.39, 0.29) is 12.1 Å². The number of nitrogens with zero attached hydrogens (tertiary/aromatic N) is 1. The third kappa shape index (κ3) is 5.45. The number of hydrogen-bond acceptors (Lipinski definition) is 4. The van der Waals surface area contributed by atoms with Gasteiger partial charge in [-0.15, -0.1) is 0 Å². The topological polar surface area (TPSA) is 34.8 Å². The van der Waals surface area contributed by atoms with Crippen LogP contribution in [0.1, 0.15) is 26.3 Å². The number of ether oxygens (including phenoxy) is 2. The molecule has 11 rings (SSSR count). The summed E-state index contributed by atoms with van der Waals surface area (Å²) in [6.45, 7) is 6.63. The van der Waals surface area contributed by atoms with Crippen molar-refractivity contribution >= 4 is 62.1 Å². The SMILES string of the molecule is CC(C)(C)c1cccc2c1oc1c(N(c3ccccc3)c3cc4c5c(c3)Oc3cc(-c6ccccc6)ccc3B5c3ccc(-c5ccccc5)cc3O4)cccc12. The monoisotopic (exact) mass is 735 g/mol. The minimum Gasteiger partial charge on any atom is -0.458 e. The zero-order chi connectivity index (χ0) is 38.3. The van der Waals surface area contributed by atoms with Crippen LogP contribution in [0.2, 0.25) is 0 Å². The maximum atomic E-state index is 7.02. The summed E-state index contributed by atoms with van der Waals surface area (Å²) in [6.07, 6.45) is 0. The van der Waals surface area contributed by atoms with Crippen molar-refractivity contribution in [3.63, 3.8) is 0 Å². The highest BCUT2D eigenvalue weighted by atomic mass is 16.5. The highest BCUT2D eigenvalue weighted by Crippen LogP contribution is 2.47. The summed E-state index contributed by atoms with van der Waals surface area (Å²) >= 11 is 0. The third-order valence-electron chi connectivity index (χ3n) is 11.5. The molecule has 3 heterocycles. The minimum absolute atomic E-state index is 0.0778. The van der Waals surface area contributed by atoms with Crippen LogP contribution in [-0.2, 0) is 5.41 Å². The van der Waals surface area contributed by atoms with Gasteiger partial charge in [0.25, 0.3) is 6.71 Å². The van der Waals surface area contributed by atoms with E-state index in [1.54, 1.807) is 0 Å². The fourth-order valence-corrected chi connectivity index (χ4v) is 8.80. The molecule has 0 aliphatic carbocycles. The first-order valence-corrected chi connectivity index (χ1v) is 19.6. The Balaban J connectivity index is 1.14. The van der Waals surface area contributed by atoms with Gasteiger partial charge in [-0.25, -0.2) is 0 Å². The van der Waals surface area contributed by atoms with Crippen molar-refractivity contribution < 1.29 is 13.9 Å². The van der Waals surface area contributed by atoms with E-state index >= 15 is 0 Å². The number of furan rings is 1. The molecule has 0 saturated heterocycles. The van der Waals surface area contributed by atoms with Crippen LogP contribution in [0.4, 0.5) is 17.1 Å². The Hall–Kier alpha value is -6.98. The predicted molar refractivity (Wildman–Crippen MR) is 236 cm³/mol. The second kappa shape index (κ2) is 12.8. The fraction of sp³-hybridized carbons (Fsp3) is 0.0769. The number of hydrogen-bond donors (Lipinski definition) is 0. The van der Waals surface area contributed by atoms with Crippen LogP contribution in [0.15, 0.2) is 180 Å². The fourth-order valence-electron chi connectivity index (χ4n) is 8.80. The van der Waals surface area contributed by atoms with E-state index < -0.39 is 0 Å². The summed E-state index contributed by atoms with van der Waals surface area (Å²) in [7, 11) is 0. The van der Waals surface area contributed by atoms with Crippen molar-refractivity contribution in [2.45, 2.75) is 26.2 Å². The van der Waals surface area contributed by atoms with Crippen molar-refractivity contribution in [2.75, 3.05) is 4.90 Å². The van der Waals surface area contributed by atoms with E-state index in [0.717, 1.165) is 101 Å². The van der Waals surface area contributed by atoms with Gasteiger partial charge in [0.05, 0.1) is 11.4 Å². The van der Waals surface area contributed by atoms with Gasteiger partial charge in [0, 0.05) is 39.6 Å². The molecule has 2 aliphatic heterocycles. The van der Waals surface area contributed by atoms with E-state index in [1.807, 2.05) is 12.1 Å². The molecule has 4 nitrogen and oxygen atoms in total. The summed E-state index contributed by atoms with van der Waals surface area (Å²) in [5.41, 5.74) is 13.5. The Morgan fingerprint density at radius 2 is 0.965 bits per heavy atom. The molecule has 5 heteroatoms. The molecule has 0 amide bonds. The molecule has 0 bridgehead atoms. The normalized spacial score (nSPS) is 12.7. The van der Waals surface area contributed by atoms with Gasteiger partial charge >= 0.3 is 0 Å². The van der Waals surface area contributed by atoms with Gasteiger partial charge < -0.3 is 18.8 Å². The summed E-state index contributed by atoms with van der Waals surface area (Å²) < 4.78 is 21.0. The Bertz CT molecular complexity index is 2890. The van der Waals surface area contributed by atoms with Crippen LogP contribution in [0, 0.1) is 0 Å². The first kappa shape index (κ1) is 33.4. The van der Waals surface area contributed by atoms with Crippen LogP contribution in [0.25, 0.3) is 44.2 Å². The largest absolute Gasteiger partial charge is 0.458 e. The lowest BCUT2D eigenvalue weighted by atomic mass is 9.34. The van der Waals surface area contributed by atoms with Gasteiger partial charge in [0.15, 0.2) is 5.58 Å². The summed E-state index contributed by atoms with van der Waals surface area (Å²) in [4.78, 5) is 2.27. The first-order chi connectivity index (χ1) is 27.9. The number of benzene rings is 8. The Morgan fingerprint density at radius 3 is 1.53 bits per heavy atom. The van der Waals surface area contributed by atoms with Crippen LogP contribution < -0.4 is 30.8 Å². The van der Waals surface area contributed by atoms with E-state index in [4.69, 9.17) is 13.9 Å². The van der Waals surface area contributed by atoms with E-state index in [2.05, 4.69) is 189 Å². The Labute approximate surface area is 332 Å². The average molecular weight is 736 g/mol. The highest BCUT2D eigenvalue weighted by Gasteiger charge is 2.41. The smallest absolute Gasteiger partial charge is 0.260 e.